The topological polar surface area (TPSA) is 35.5 Å². The number of nitrogens with one attached hydrogen (secondary N) is 1. The molecule has 0 saturated heterocycles. The van der Waals surface area contributed by atoms with Crippen molar-refractivity contribution in [3.8, 4) is 0 Å². The first kappa shape index (κ1) is 14.4. The van der Waals surface area contributed by atoms with Gasteiger partial charge in [-0.15, -0.1) is 0 Å². The zero-order valence-electron chi connectivity index (χ0n) is 12.2. The number of para-hydroxylation sites is 1. The average molecular weight is 262 g/mol. The highest BCUT2D eigenvalue weighted by Crippen LogP contribution is 2.28. The molecule has 3 nitrogen and oxygen atoms in total. The van der Waals surface area contributed by atoms with E-state index in [1.165, 1.54) is 31.5 Å². The van der Waals surface area contributed by atoms with E-state index >= 15 is 0 Å². The van der Waals surface area contributed by atoms with E-state index in [9.17, 15) is 5.11 Å². The molecule has 0 spiro atoms. The molecular formula is C16H26N2O. The Balaban J connectivity index is 2.12. The number of rotatable bonds is 6. The molecule has 2 N–H and O–H groups in total. The average Bonchev–Trinajstić information content (AvgIpc) is 2.45. The van der Waals surface area contributed by atoms with Crippen molar-refractivity contribution in [2.45, 2.75) is 45.8 Å². The minimum Gasteiger partial charge on any atom is -0.392 e. The molecule has 0 saturated carbocycles. The van der Waals surface area contributed by atoms with Gasteiger partial charge >= 0.3 is 0 Å². The molecule has 1 aromatic rings. The van der Waals surface area contributed by atoms with E-state index in [1.54, 1.807) is 0 Å². The maximum Gasteiger partial charge on any atom is 0.0702 e. The summed E-state index contributed by atoms with van der Waals surface area (Å²) >= 11 is 0. The molecule has 0 radical (unpaired) electrons. The first-order valence-corrected chi connectivity index (χ1v) is 7.49. The van der Waals surface area contributed by atoms with Gasteiger partial charge in [0, 0.05) is 23.8 Å². The molecular weight excluding hydrogens is 236 g/mol. The fourth-order valence-electron chi connectivity index (χ4n) is 3.04. The number of benzene rings is 1. The molecule has 1 unspecified atom stereocenters. The summed E-state index contributed by atoms with van der Waals surface area (Å²) in [5.74, 6) is 0. The Morgan fingerprint density at radius 3 is 2.63 bits per heavy atom. The molecule has 19 heavy (non-hydrogen) atoms. The van der Waals surface area contributed by atoms with Crippen molar-refractivity contribution in [1.82, 2.24) is 4.90 Å². The molecule has 3 heteroatoms. The first-order chi connectivity index (χ1) is 9.30. The van der Waals surface area contributed by atoms with Crippen molar-refractivity contribution in [2.75, 3.05) is 25.0 Å². The highest BCUT2D eigenvalue weighted by atomic mass is 16.3. The molecule has 1 aliphatic rings. The van der Waals surface area contributed by atoms with E-state index in [0.717, 1.165) is 24.2 Å². The molecule has 2 rings (SSSR count). The van der Waals surface area contributed by atoms with Crippen molar-refractivity contribution >= 4 is 5.69 Å². The molecule has 0 fully saturated rings. The number of aliphatic hydroxyl groups is 1. The number of hydrogen-bond donors (Lipinski definition) is 2. The molecule has 0 aliphatic carbocycles. The monoisotopic (exact) mass is 262 g/mol. The van der Waals surface area contributed by atoms with Crippen LogP contribution >= 0.6 is 0 Å². The Labute approximate surface area is 116 Å². The lowest BCUT2D eigenvalue weighted by atomic mass is 9.95. The highest BCUT2D eigenvalue weighted by Gasteiger charge is 2.24. The Bertz CT molecular complexity index is 400. The summed E-state index contributed by atoms with van der Waals surface area (Å²) in [6.45, 7) is 7.95. The van der Waals surface area contributed by atoms with Crippen LogP contribution in [0.25, 0.3) is 0 Å². The van der Waals surface area contributed by atoms with Crippen molar-refractivity contribution in [2.24, 2.45) is 0 Å². The normalized spacial score (nSPS) is 18.2. The van der Waals surface area contributed by atoms with E-state index < -0.39 is 0 Å². The minimum atomic E-state index is 0.120. The van der Waals surface area contributed by atoms with Crippen LogP contribution in [0.2, 0.25) is 0 Å². The van der Waals surface area contributed by atoms with E-state index in [4.69, 9.17) is 0 Å². The summed E-state index contributed by atoms with van der Waals surface area (Å²) in [6, 6.07) is 6.82. The Kier molecular flexibility index (Phi) is 5.23. The van der Waals surface area contributed by atoms with Gasteiger partial charge in [0.1, 0.15) is 0 Å². The number of nitrogens with zero attached hydrogens (tertiary/aromatic N) is 1. The van der Waals surface area contributed by atoms with E-state index in [2.05, 4.69) is 36.2 Å². The predicted molar refractivity (Wildman–Crippen MR) is 80.5 cm³/mol. The summed E-state index contributed by atoms with van der Waals surface area (Å²) in [5, 5.41) is 12.9. The van der Waals surface area contributed by atoms with Gasteiger partial charge in [-0.2, -0.15) is 0 Å². The fraction of sp³-hybridized carbons (Fsp3) is 0.625. The number of fused-ring (bicyclic) bond motifs is 1. The molecule has 1 aliphatic heterocycles. The lowest BCUT2D eigenvalue weighted by Crippen LogP contribution is -2.44. The third-order valence-electron chi connectivity index (χ3n) is 3.92. The molecule has 106 valence electrons. The van der Waals surface area contributed by atoms with Gasteiger partial charge in [0.15, 0.2) is 0 Å². The first-order valence-electron chi connectivity index (χ1n) is 7.49. The number of hydrogen-bond acceptors (Lipinski definition) is 3. The lowest BCUT2D eigenvalue weighted by Gasteiger charge is -2.36. The standard InChI is InChI=1S/C16H26N2O/c1-3-8-18(9-4-2)15-10-13-6-5-7-14(12-19)16(13)17-11-15/h5-7,15,17,19H,3-4,8-12H2,1-2H3. The third kappa shape index (κ3) is 3.28. The van der Waals surface area contributed by atoms with Gasteiger partial charge in [0.2, 0.25) is 0 Å². The predicted octanol–water partition coefficient (Wildman–Crippen LogP) is 2.64. The summed E-state index contributed by atoms with van der Waals surface area (Å²) in [4.78, 5) is 2.60. The van der Waals surface area contributed by atoms with Crippen LogP contribution in [-0.2, 0) is 13.0 Å². The zero-order chi connectivity index (χ0) is 13.7. The van der Waals surface area contributed by atoms with Crippen LogP contribution in [0.15, 0.2) is 18.2 Å². The van der Waals surface area contributed by atoms with Gasteiger partial charge in [0.05, 0.1) is 6.61 Å². The smallest absolute Gasteiger partial charge is 0.0702 e. The highest BCUT2D eigenvalue weighted by molar-refractivity contribution is 5.59. The SMILES string of the molecule is CCCN(CCC)C1CNc2c(CO)cccc2C1. The van der Waals surface area contributed by atoms with Gasteiger partial charge in [-0.3, -0.25) is 4.90 Å². The van der Waals surface area contributed by atoms with Crippen molar-refractivity contribution < 1.29 is 5.11 Å². The van der Waals surface area contributed by atoms with E-state index in [1.807, 2.05) is 6.07 Å². The second kappa shape index (κ2) is 6.92. The lowest BCUT2D eigenvalue weighted by molar-refractivity contribution is 0.199. The molecule has 0 amide bonds. The number of aliphatic hydroxyl groups excluding tert-OH is 1. The number of anilines is 1. The van der Waals surface area contributed by atoms with Crippen LogP contribution in [-0.4, -0.2) is 35.7 Å². The third-order valence-corrected chi connectivity index (χ3v) is 3.92. The van der Waals surface area contributed by atoms with Crippen molar-refractivity contribution in [1.29, 1.82) is 0 Å². The van der Waals surface area contributed by atoms with Crippen molar-refractivity contribution in [3.05, 3.63) is 29.3 Å². The fourth-order valence-corrected chi connectivity index (χ4v) is 3.04. The van der Waals surface area contributed by atoms with Crippen LogP contribution in [0, 0.1) is 0 Å². The largest absolute Gasteiger partial charge is 0.392 e. The Morgan fingerprint density at radius 1 is 1.26 bits per heavy atom. The molecule has 0 aromatic heterocycles. The summed E-state index contributed by atoms with van der Waals surface area (Å²) in [6.07, 6.45) is 3.51. The van der Waals surface area contributed by atoms with Gasteiger partial charge in [-0.1, -0.05) is 32.0 Å². The van der Waals surface area contributed by atoms with Gasteiger partial charge in [0.25, 0.3) is 0 Å². The van der Waals surface area contributed by atoms with Crippen LogP contribution in [0.1, 0.15) is 37.8 Å². The van der Waals surface area contributed by atoms with Crippen molar-refractivity contribution in [3.63, 3.8) is 0 Å². The molecule has 1 atom stereocenters. The summed E-state index contributed by atoms with van der Waals surface area (Å²) in [7, 11) is 0. The van der Waals surface area contributed by atoms with Crippen LogP contribution in [0.4, 0.5) is 5.69 Å². The van der Waals surface area contributed by atoms with E-state index in [-0.39, 0.29) is 6.61 Å². The summed E-state index contributed by atoms with van der Waals surface area (Å²) in [5.41, 5.74) is 3.53. The zero-order valence-corrected chi connectivity index (χ0v) is 12.2. The van der Waals surface area contributed by atoms with E-state index in [0.29, 0.717) is 6.04 Å². The molecule has 1 heterocycles. The summed E-state index contributed by atoms with van der Waals surface area (Å²) < 4.78 is 0. The Morgan fingerprint density at radius 2 is 2.00 bits per heavy atom. The van der Waals surface area contributed by atoms with Crippen LogP contribution in [0.5, 0.6) is 0 Å². The minimum absolute atomic E-state index is 0.120. The van der Waals surface area contributed by atoms with Gasteiger partial charge < -0.3 is 10.4 Å². The van der Waals surface area contributed by atoms with Crippen LogP contribution < -0.4 is 5.32 Å². The molecule has 1 aromatic carbocycles. The van der Waals surface area contributed by atoms with Gasteiger partial charge in [-0.25, -0.2) is 0 Å². The maximum absolute atomic E-state index is 9.39. The maximum atomic E-state index is 9.39. The molecule has 0 bridgehead atoms. The van der Waals surface area contributed by atoms with Crippen LogP contribution in [0.3, 0.4) is 0 Å². The quantitative estimate of drug-likeness (QED) is 0.827. The Hall–Kier alpha value is -1.06. The second-order valence-corrected chi connectivity index (χ2v) is 5.38. The van der Waals surface area contributed by atoms with Gasteiger partial charge in [-0.05, 0) is 37.9 Å². The second-order valence-electron chi connectivity index (χ2n) is 5.38.